The van der Waals surface area contributed by atoms with E-state index in [4.69, 9.17) is 25.4 Å². The van der Waals surface area contributed by atoms with E-state index in [9.17, 15) is 0 Å². The van der Waals surface area contributed by atoms with Crippen LogP contribution in [-0.2, 0) is 13.1 Å². The lowest BCUT2D eigenvalue weighted by atomic mass is 9.96. The molecule has 0 saturated carbocycles. The summed E-state index contributed by atoms with van der Waals surface area (Å²) >= 11 is 0. The van der Waals surface area contributed by atoms with Crippen LogP contribution in [0.5, 0.6) is 23.0 Å². The Morgan fingerprint density at radius 1 is 0.357 bits per heavy atom. The van der Waals surface area contributed by atoms with Crippen molar-refractivity contribution in [1.29, 1.82) is 0 Å². The molecule has 6 aromatic carbocycles. The molecule has 0 amide bonds. The minimum atomic E-state index is 0.602. The predicted molar refractivity (Wildman–Crippen MR) is 356 cm³/mol. The molecule has 6 heteroatoms. The first-order valence-corrected chi connectivity index (χ1v) is 31.8. The third-order valence-electron chi connectivity index (χ3n) is 16.4. The van der Waals surface area contributed by atoms with Crippen LogP contribution in [0.25, 0.3) is 77.0 Å². The maximum Gasteiger partial charge on any atom is 0.150 e. The lowest BCUT2D eigenvalue weighted by Gasteiger charge is -2.17. The molecule has 0 spiro atoms. The van der Waals surface area contributed by atoms with E-state index >= 15 is 0 Å². The molecule has 8 aromatic rings. The quantitative estimate of drug-likeness (QED) is 0.0298. The Labute approximate surface area is 503 Å². The summed E-state index contributed by atoms with van der Waals surface area (Å²) in [5.41, 5.74) is 10.8. The SMILES string of the molecule is C#CC#CC#CC#CC#COc1cc2c(cc1-c1cc3c4cc(-c5ccccc5OC)ccc4n(CCCCCCCCCC)c3cc1OCCCCCCCCCC)c1cc(-c3ccccc3OC)ccc1n2CCCCCCCCCC. The smallest absolute Gasteiger partial charge is 0.150 e. The molecule has 0 aliphatic heterocycles. The Bertz CT molecular complexity index is 3740. The van der Waals surface area contributed by atoms with Gasteiger partial charge in [0.05, 0.1) is 31.9 Å². The lowest BCUT2D eigenvalue weighted by Crippen LogP contribution is -2.02. The molecule has 0 fully saturated rings. The molecular weight excluding hydrogens is 1030 g/mol. The number of ether oxygens (including phenoxy) is 4. The third kappa shape index (κ3) is 16.6. The molecule has 2 aromatic heterocycles. The van der Waals surface area contributed by atoms with Gasteiger partial charge in [-0.25, -0.2) is 0 Å². The number of nitrogens with zero attached hydrogens (tertiary/aromatic N) is 2. The van der Waals surface area contributed by atoms with Gasteiger partial charge in [-0.1, -0.05) is 204 Å². The molecule has 0 unspecified atom stereocenters. The topological polar surface area (TPSA) is 46.8 Å². The highest BCUT2D eigenvalue weighted by Crippen LogP contribution is 2.47. The van der Waals surface area contributed by atoms with Gasteiger partial charge in [-0.05, 0) is 103 Å². The molecule has 6 nitrogen and oxygen atoms in total. The van der Waals surface area contributed by atoms with Crippen molar-refractivity contribution >= 4 is 43.6 Å². The van der Waals surface area contributed by atoms with Gasteiger partial charge in [0.15, 0.2) is 0 Å². The van der Waals surface area contributed by atoms with E-state index in [2.05, 4.69) is 168 Å². The summed E-state index contributed by atoms with van der Waals surface area (Å²) in [5, 5.41) is 4.62. The molecule has 0 atom stereocenters. The van der Waals surface area contributed by atoms with E-state index < -0.39 is 0 Å². The molecule has 84 heavy (non-hydrogen) atoms. The summed E-state index contributed by atoms with van der Waals surface area (Å²) in [6, 6.07) is 39.6. The highest BCUT2D eigenvalue weighted by molar-refractivity contribution is 6.14. The fraction of sp³-hybridized carbons (Fsp3) is 0.410. The summed E-state index contributed by atoms with van der Waals surface area (Å²) in [4.78, 5) is 0. The van der Waals surface area contributed by atoms with Crippen LogP contribution in [0.1, 0.15) is 175 Å². The molecule has 8 rings (SSSR count). The lowest BCUT2D eigenvalue weighted by molar-refractivity contribution is 0.305. The van der Waals surface area contributed by atoms with Crippen LogP contribution in [-0.4, -0.2) is 30.0 Å². The maximum atomic E-state index is 7.17. The van der Waals surface area contributed by atoms with Crippen molar-refractivity contribution in [2.75, 3.05) is 20.8 Å². The Kier molecular flexibility index (Phi) is 25.0. The van der Waals surface area contributed by atoms with Gasteiger partial charge in [-0.3, -0.25) is 0 Å². The monoisotopic (exact) mass is 1120 g/mol. The fourth-order valence-corrected chi connectivity index (χ4v) is 12.0. The number of fused-ring (bicyclic) bond motifs is 6. The second-order valence-electron chi connectivity index (χ2n) is 22.4. The van der Waals surface area contributed by atoms with E-state index in [0.29, 0.717) is 12.4 Å². The molecule has 0 saturated heterocycles. The molecule has 0 aliphatic carbocycles. The Morgan fingerprint density at radius 2 is 0.750 bits per heavy atom. The van der Waals surface area contributed by atoms with Crippen molar-refractivity contribution in [3.05, 3.63) is 109 Å². The first-order valence-electron chi connectivity index (χ1n) is 31.8. The van der Waals surface area contributed by atoms with Crippen molar-refractivity contribution in [2.24, 2.45) is 0 Å². The summed E-state index contributed by atoms with van der Waals surface area (Å²) in [5.74, 6) is 24.5. The normalized spacial score (nSPS) is 10.9. The van der Waals surface area contributed by atoms with E-state index in [1.807, 2.05) is 24.3 Å². The molecule has 434 valence electrons. The van der Waals surface area contributed by atoms with E-state index in [-0.39, 0.29) is 0 Å². The number of terminal acetylenes is 1. The zero-order chi connectivity index (χ0) is 58.6. The van der Waals surface area contributed by atoms with Crippen LogP contribution < -0.4 is 18.9 Å². The van der Waals surface area contributed by atoms with Crippen LogP contribution >= 0.6 is 0 Å². The zero-order valence-corrected chi connectivity index (χ0v) is 51.1. The Morgan fingerprint density at radius 3 is 1.21 bits per heavy atom. The maximum absolute atomic E-state index is 7.17. The molecule has 2 heterocycles. The van der Waals surface area contributed by atoms with Crippen LogP contribution in [0.3, 0.4) is 0 Å². The average molecular weight is 1120 g/mol. The third-order valence-corrected chi connectivity index (χ3v) is 16.4. The average Bonchev–Trinajstić information content (AvgIpc) is 2.91. The van der Waals surface area contributed by atoms with Crippen LogP contribution in [0.15, 0.2) is 109 Å². The Hall–Kier alpha value is -8.08. The van der Waals surface area contributed by atoms with Crippen molar-refractivity contribution in [3.8, 4) is 116 Å². The molecule has 0 N–H and O–H groups in total. The molecular formula is C78H88N2O4. The number of rotatable bonds is 34. The van der Waals surface area contributed by atoms with Crippen LogP contribution in [0.2, 0.25) is 0 Å². The first kappa shape index (κ1) is 62.0. The van der Waals surface area contributed by atoms with Gasteiger partial charge in [0.1, 0.15) is 29.1 Å². The molecule has 0 radical (unpaired) electrons. The first-order chi connectivity index (χ1) is 41.5. The summed E-state index contributed by atoms with van der Waals surface area (Å²) < 4.78 is 30.8. The van der Waals surface area contributed by atoms with Crippen LogP contribution in [0.4, 0.5) is 0 Å². The highest BCUT2D eigenvalue weighted by atomic mass is 16.5. The number of hydrogen-bond acceptors (Lipinski definition) is 4. The second-order valence-corrected chi connectivity index (χ2v) is 22.4. The number of benzene rings is 6. The van der Waals surface area contributed by atoms with E-state index in [0.717, 1.165) is 117 Å². The van der Waals surface area contributed by atoms with Crippen molar-refractivity contribution in [3.63, 3.8) is 0 Å². The van der Waals surface area contributed by atoms with Gasteiger partial charge >= 0.3 is 0 Å². The van der Waals surface area contributed by atoms with Gasteiger partial charge in [0, 0.05) is 104 Å². The van der Waals surface area contributed by atoms with E-state index in [1.165, 1.54) is 145 Å². The number of unbranched alkanes of at least 4 members (excludes halogenated alkanes) is 21. The Balaban J connectivity index is 1.33. The number of aromatic nitrogens is 2. The summed E-state index contributed by atoms with van der Waals surface area (Å²) in [6.45, 7) is 9.23. The van der Waals surface area contributed by atoms with Crippen molar-refractivity contribution in [1.82, 2.24) is 9.13 Å². The second kappa shape index (κ2) is 33.9. The summed E-state index contributed by atoms with van der Waals surface area (Å²) in [7, 11) is 3.50. The van der Waals surface area contributed by atoms with Gasteiger partial charge in [-0.15, -0.1) is 6.42 Å². The largest absolute Gasteiger partial charge is 0.496 e. The van der Waals surface area contributed by atoms with Gasteiger partial charge in [-0.2, -0.15) is 0 Å². The van der Waals surface area contributed by atoms with E-state index in [1.54, 1.807) is 14.2 Å². The van der Waals surface area contributed by atoms with Crippen molar-refractivity contribution in [2.45, 2.75) is 188 Å². The number of methoxy groups -OCH3 is 2. The number of hydrogen-bond donors (Lipinski definition) is 0. The predicted octanol–water partition coefficient (Wildman–Crippen LogP) is 20.7. The molecule has 0 aliphatic rings. The van der Waals surface area contributed by atoms with Gasteiger partial charge in [0.25, 0.3) is 0 Å². The van der Waals surface area contributed by atoms with Gasteiger partial charge < -0.3 is 28.1 Å². The summed E-state index contributed by atoms with van der Waals surface area (Å²) in [6.07, 6.45) is 38.0. The minimum Gasteiger partial charge on any atom is -0.496 e. The standard InChI is InChI=1S/C78H88N2O4/c1-7-11-15-19-23-27-31-39-51-79-71-49-47-61(63-43-35-37-45-75(63)81-5)55-65(71)67-57-69(77(59-73(67)79)83-53-41-33-29-25-21-17-13-9-3)70-58-68-66-56-62(64-44-36-38-46-76(64)82-6)48-50-72(66)80(52-40-32-28-24-20-16-12-8-2)74(68)60-78(70)84-54-42-34-30-26-22-18-14-10-4/h3,35-38,43-50,55-60H,7-8,10-12,14-16,18-20,22-24,26-28,30-32,34,39-40,42,51-52,54H2,1-2,4-6H3. The fourth-order valence-electron chi connectivity index (χ4n) is 12.0. The number of para-hydroxylation sites is 2. The highest BCUT2D eigenvalue weighted by Gasteiger charge is 2.23. The molecule has 0 bridgehead atoms. The van der Waals surface area contributed by atoms with Crippen molar-refractivity contribution < 1.29 is 18.9 Å². The van der Waals surface area contributed by atoms with Crippen LogP contribution in [0, 0.1) is 59.9 Å². The zero-order valence-electron chi connectivity index (χ0n) is 51.1. The van der Waals surface area contributed by atoms with Gasteiger partial charge in [0.2, 0.25) is 0 Å². The number of aryl methyl sites for hydroxylation is 2. The minimum absolute atomic E-state index is 0.602.